The zero-order valence-electron chi connectivity index (χ0n) is 15.5. The first-order valence-corrected chi connectivity index (χ1v) is 9.44. The van der Waals surface area contributed by atoms with Crippen LogP contribution in [0.15, 0.2) is 48.5 Å². The number of aromatic amines is 1. The molecule has 4 rings (SSSR count). The molecular weight excluding hydrogens is 356 g/mol. The molecule has 7 heteroatoms. The number of carbonyl (C=O) groups excluding carboxylic acids is 1. The van der Waals surface area contributed by atoms with E-state index in [9.17, 15) is 4.79 Å². The second-order valence-electron chi connectivity index (χ2n) is 7.26. The van der Waals surface area contributed by atoms with E-state index >= 15 is 0 Å². The summed E-state index contributed by atoms with van der Waals surface area (Å²) in [6.07, 6.45) is 1.86. The summed E-state index contributed by atoms with van der Waals surface area (Å²) in [4.78, 5) is 17.7. The highest BCUT2D eigenvalue weighted by molar-refractivity contribution is 5.98. The van der Waals surface area contributed by atoms with Crippen molar-refractivity contribution in [1.29, 1.82) is 0 Å². The summed E-state index contributed by atoms with van der Waals surface area (Å²) in [6, 6.07) is 15.3. The largest absolute Gasteiger partial charge is 0.339 e. The maximum atomic E-state index is 12.9. The van der Waals surface area contributed by atoms with Gasteiger partial charge >= 0.3 is 0 Å². The van der Waals surface area contributed by atoms with Gasteiger partial charge in [-0.2, -0.15) is 0 Å². The van der Waals surface area contributed by atoms with Crippen LogP contribution in [0.1, 0.15) is 40.2 Å². The Morgan fingerprint density at radius 1 is 1.14 bits per heavy atom. The molecule has 3 aromatic rings. The van der Waals surface area contributed by atoms with Gasteiger partial charge in [-0.1, -0.05) is 24.3 Å². The number of piperidine rings is 1. The van der Waals surface area contributed by atoms with Crippen LogP contribution in [0, 0.1) is 0 Å². The van der Waals surface area contributed by atoms with Crippen LogP contribution in [0.3, 0.4) is 0 Å². The molecule has 0 saturated carbocycles. The Kier molecular flexibility index (Phi) is 5.04. The Hall–Kier alpha value is -2.87. The molecule has 5 N–H and O–H groups in total. The molecule has 1 amide bonds. The zero-order chi connectivity index (χ0) is 19.7. The number of hydrogen-bond acceptors (Lipinski definition) is 5. The molecule has 1 aliphatic rings. The number of H-pyrrole nitrogens is 1. The quantitative estimate of drug-likeness (QED) is 0.520. The number of amides is 1. The Bertz CT molecular complexity index is 990. The van der Waals surface area contributed by atoms with Crippen molar-refractivity contribution in [3.05, 3.63) is 65.2 Å². The average Bonchev–Trinajstić information content (AvgIpc) is 3.17. The van der Waals surface area contributed by atoms with Crippen molar-refractivity contribution in [3.63, 3.8) is 0 Å². The van der Waals surface area contributed by atoms with Crippen LogP contribution in [0.5, 0.6) is 0 Å². The fourth-order valence-corrected chi connectivity index (χ4v) is 3.93. The number of likely N-dealkylation sites (tertiary alicyclic amines) is 1. The molecule has 2 heterocycles. The highest BCUT2D eigenvalue weighted by Gasteiger charge is 2.25. The van der Waals surface area contributed by atoms with Gasteiger partial charge in [0.05, 0.1) is 0 Å². The van der Waals surface area contributed by atoms with Crippen molar-refractivity contribution >= 4 is 22.6 Å². The van der Waals surface area contributed by atoms with Gasteiger partial charge in [0.1, 0.15) is 0 Å². The Balaban J connectivity index is 1.45. The molecule has 0 aliphatic carbocycles. The van der Waals surface area contributed by atoms with Crippen molar-refractivity contribution in [2.24, 2.45) is 5.73 Å². The van der Waals surface area contributed by atoms with Crippen LogP contribution >= 0.6 is 0 Å². The summed E-state index contributed by atoms with van der Waals surface area (Å²) in [5.74, 6) is 0.606. The van der Waals surface area contributed by atoms with Gasteiger partial charge in [-0.15, -0.1) is 5.23 Å². The number of fused-ring (bicyclic) bond motifs is 1. The number of hydrogen-bond donors (Lipinski definition) is 4. The molecular formula is C21H24N4O3. The van der Waals surface area contributed by atoms with E-state index < -0.39 is 0 Å². The minimum atomic E-state index is 0.00339. The van der Waals surface area contributed by atoms with Crippen LogP contribution in [0.25, 0.3) is 10.9 Å². The molecule has 1 aliphatic heterocycles. The van der Waals surface area contributed by atoms with E-state index in [1.165, 1.54) is 5.56 Å². The molecule has 1 aromatic heterocycles. The van der Waals surface area contributed by atoms with Crippen LogP contribution in [0.2, 0.25) is 0 Å². The summed E-state index contributed by atoms with van der Waals surface area (Å²) in [5.41, 5.74) is 9.52. The zero-order valence-corrected chi connectivity index (χ0v) is 15.5. The molecule has 28 heavy (non-hydrogen) atoms. The summed E-state index contributed by atoms with van der Waals surface area (Å²) in [7, 11) is 0. The van der Waals surface area contributed by atoms with E-state index in [0.29, 0.717) is 31.1 Å². The first-order chi connectivity index (χ1) is 13.5. The van der Waals surface area contributed by atoms with E-state index in [2.05, 4.69) is 23.2 Å². The molecule has 146 valence electrons. The lowest BCUT2D eigenvalue weighted by molar-refractivity contribution is 0.0271. The van der Waals surface area contributed by atoms with Gasteiger partial charge in [0.15, 0.2) is 5.82 Å². The molecule has 7 nitrogen and oxygen atoms in total. The monoisotopic (exact) mass is 380 g/mol. The van der Waals surface area contributed by atoms with Crippen LogP contribution < -0.4 is 11.0 Å². The van der Waals surface area contributed by atoms with Gasteiger partial charge in [0.2, 0.25) is 0 Å². The third-order valence-corrected chi connectivity index (χ3v) is 5.51. The van der Waals surface area contributed by atoms with Crippen LogP contribution in [0.4, 0.5) is 5.82 Å². The minimum absolute atomic E-state index is 0.00339. The molecule has 0 bridgehead atoms. The van der Waals surface area contributed by atoms with E-state index in [4.69, 9.17) is 16.1 Å². The lowest BCUT2D eigenvalue weighted by atomic mass is 9.88. The number of nitrogens with two attached hydrogens (primary N) is 1. The maximum absolute atomic E-state index is 12.9. The maximum Gasteiger partial charge on any atom is 0.253 e. The Morgan fingerprint density at radius 2 is 1.93 bits per heavy atom. The number of anilines is 1. The standard InChI is InChI=1S/C21H24N4O3/c22-13-14-2-1-3-16(10-14)15-6-8-24(9-7-15)21(26)17-4-5-19-18(11-17)12-20(23-19)25(27)28/h1-5,10-12,15,23,27-28H,6-9,13,22H2. The molecule has 0 radical (unpaired) electrons. The lowest BCUT2D eigenvalue weighted by Crippen LogP contribution is -2.37. The first kappa shape index (κ1) is 18.5. The number of aromatic nitrogens is 1. The van der Waals surface area contributed by atoms with E-state index in [-0.39, 0.29) is 17.0 Å². The van der Waals surface area contributed by atoms with Crippen molar-refractivity contribution in [2.75, 3.05) is 18.3 Å². The van der Waals surface area contributed by atoms with Gasteiger partial charge in [-0.25, -0.2) is 0 Å². The van der Waals surface area contributed by atoms with Gasteiger partial charge in [-0.3, -0.25) is 15.2 Å². The van der Waals surface area contributed by atoms with Crippen LogP contribution in [-0.2, 0) is 6.54 Å². The molecule has 0 unspecified atom stereocenters. The van der Waals surface area contributed by atoms with Crippen molar-refractivity contribution < 1.29 is 15.2 Å². The van der Waals surface area contributed by atoms with E-state index in [0.717, 1.165) is 29.3 Å². The molecule has 1 saturated heterocycles. The molecule has 0 atom stereocenters. The normalized spacial score (nSPS) is 15.2. The summed E-state index contributed by atoms with van der Waals surface area (Å²) < 4.78 is 0. The fraction of sp³-hybridized carbons (Fsp3) is 0.286. The lowest BCUT2D eigenvalue weighted by Gasteiger charge is -2.32. The molecule has 0 spiro atoms. The topological polar surface area (TPSA) is 106 Å². The SMILES string of the molecule is NCc1cccc(C2CCN(C(=O)c3ccc4[nH]c(N(O)O)cc4c3)CC2)c1. The predicted molar refractivity (Wildman–Crippen MR) is 107 cm³/mol. The number of nitrogens with zero attached hydrogens (tertiary/aromatic N) is 2. The number of rotatable bonds is 4. The first-order valence-electron chi connectivity index (χ1n) is 9.44. The molecule has 2 aromatic carbocycles. The second kappa shape index (κ2) is 7.63. The fourth-order valence-electron chi connectivity index (χ4n) is 3.93. The highest BCUT2D eigenvalue weighted by atomic mass is 16.8. The van der Waals surface area contributed by atoms with Crippen LogP contribution in [-0.4, -0.2) is 39.3 Å². The number of benzene rings is 2. The van der Waals surface area contributed by atoms with Gasteiger partial charge < -0.3 is 15.6 Å². The van der Waals surface area contributed by atoms with Gasteiger partial charge in [0, 0.05) is 36.1 Å². The summed E-state index contributed by atoms with van der Waals surface area (Å²) >= 11 is 0. The summed E-state index contributed by atoms with van der Waals surface area (Å²) in [6.45, 7) is 1.97. The molecule has 1 fully saturated rings. The van der Waals surface area contributed by atoms with Crippen molar-refractivity contribution in [2.45, 2.75) is 25.3 Å². The predicted octanol–water partition coefficient (Wildman–Crippen LogP) is 3.23. The van der Waals surface area contributed by atoms with Crippen molar-refractivity contribution in [3.8, 4) is 0 Å². The van der Waals surface area contributed by atoms with E-state index in [1.54, 1.807) is 24.3 Å². The van der Waals surface area contributed by atoms with Gasteiger partial charge in [0.25, 0.3) is 5.91 Å². The van der Waals surface area contributed by atoms with Crippen molar-refractivity contribution in [1.82, 2.24) is 9.88 Å². The average molecular weight is 380 g/mol. The third kappa shape index (κ3) is 3.60. The highest BCUT2D eigenvalue weighted by Crippen LogP contribution is 2.30. The Labute approximate surface area is 162 Å². The smallest absolute Gasteiger partial charge is 0.253 e. The Morgan fingerprint density at radius 3 is 2.64 bits per heavy atom. The third-order valence-electron chi connectivity index (χ3n) is 5.51. The summed E-state index contributed by atoms with van der Waals surface area (Å²) in [5, 5.41) is 19.1. The van der Waals surface area contributed by atoms with Gasteiger partial charge in [-0.05, 0) is 54.2 Å². The minimum Gasteiger partial charge on any atom is -0.339 e. The second-order valence-corrected chi connectivity index (χ2v) is 7.26. The number of carbonyl (C=O) groups is 1. The number of nitrogens with one attached hydrogen (secondary N) is 1. The van der Waals surface area contributed by atoms with E-state index in [1.807, 2.05) is 11.0 Å².